The Labute approximate surface area is 121 Å². The molecule has 1 aliphatic rings. The Bertz CT molecular complexity index is 441. The Morgan fingerprint density at radius 1 is 1.50 bits per heavy atom. The zero-order valence-electron chi connectivity index (χ0n) is 12.4. The Morgan fingerprint density at radius 2 is 2.35 bits per heavy atom. The van der Waals surface area contributed by atoms with Crippen LogP contribution in [0.3, 0.4) is 0 Å². The first-order valence-electron chi connectivity index (χ1n) is 7.57. The van der Waals surface area contributed by atoms with Crippen molar-refractivity contribution in [1.82, 2.24) is 10.6 Å². The van der Waals surface area contributed by atoms with Crippen LogP contribution in [0.25, 0.3) is 0 Å². The van der Waals surface area contributed by atoms with E-state index < -0.39 is 0 Å². The molecule has 1 saturated heterocycles. The highest BCUT2D eigenvalue weighted by Crippen LogP contribution is 2.16. The maximum absolute atomic E-state index is 11.8. The maximum atomic E-state index is 11.8. The zero-order valence-corrected chi connectivity index (χ0v) is 12.4. The highest BCUT2D eigenvalue weighted by molar-refractivity contribution is 5.95. The standard InChI is InChI=1S/C16H25N3O/c1-3-17-16(20)13-6-4-7-15(11-13)19-12(2)10-14-8-5-9-18-14/h4,6-7,11-12,14,18-19H,3,5,8-10H2,1-2H3,(H,17,20). The van der Waals surface area contributed by atoms with E-state index in [4.69, 9.17) is 0 Å². The van der Waals surface area contributed by atoms with E-state index >= 15 is 0 Å². The summed E-state index contributed by atoms with van der Waals surface area (Å²) in [6.07, 6.45) is 3.67. The lowest BCUT2D eigenvalue weighted by Gasteiger charge is -2.19. The van der Waals surface area contributed by atoms with Gasteiger partial charge in [0.25, 0.3) is 5.91 Å². The molecule has 0 spiro atoms. The van der Waals surface area contributed by atoms with Gasteiger partial charge in [-0.1, -0.05) is 6.07 Å². The summed E-state index contributed by atoms with van der Waals surface area (Å²) < 4.78 is 0. The molecule has 0 radical (unpaired) electrons. The molecule has 1 heterocycles. The van der Waals surface area contributed by atoms with Crippen molar-refractivity contribution in [2.45, 2.75) is 45.2 Å². The molecule has 0 aliphatic carbocycles. The minimum Gasteiger partial charge on any atom is -0.383 e. The van der Waals surface area contributed by atoms with Crippen molar-refractivity contribution in [3.63, 3.8) is 0 Å². The van der Waals surface area contributed by atoms with Crippen molar-refractivity contribution in [1.29, 1.82) is 0 Å². The van der Waals surface area contributed by atoms with E-state index in [0.717, 1.165) is 18.7 Å². The second-order valence-corrected chi connectivity index (χ2v) is 5.51. The van der Waals surface area contributed by atoms with Gasteiger partial charge in [0.1, 0.15) is 0 Å². The molecule has 1 amide bonds. The van der Waals surface area contributed by atoms with Gasteiger partial charge in [0, 0.05) is 29.9 Å². The van der Waals surface area contributed by atoms with Gasteiger partial charge in [-0.3, -0.25) is 4.79 Å². The summed E-state index contributed by atoms with van der Waals surface area (Å²) in [5.41, 5.74) is 1.72. The number of carbonyl (C=O) groups excluding carboxylic acids is 1. The number of amides is 1. The van der Waals surface area contributed by atoms with Crippen molar-refractivity contribution in [3.05, 3.63) is 29.8 Å². The Balaban J connectivity index is 1.91. The molecule has 20 heavy (non-hydrogen) atoms. The number of anilines is 1. The molecular weight excluding hydrogens is 250 g/mol. The maximum Gasteiger partial charge on any atom is 0.251 e. The van der Waals surface area contributed by atoms with Gasteiger partial charge in [-0.05, 0) is 57.9 Å². The SMILES string of the molecule is CCNC(=O)c1cccc(NC(C)CC2CCCN2)c1. The third-order valence-corrected chi connectivity index (χ3v) is 3.68. The fourth-order valence-electron chi connectivity index (χ4n) is 2.74. The van der Waals surface area contributed by atoms with Gasteiger partial charge in [0.05, 0.1) is 0 Å². The molecule has 1 aromatic rings. The highest BCUT2D eigenvalue weighted by Gasteiger charge is 2.17. The van der Waals surface area contributed by atoms with Crippen LogP contribution in [-0.2, 0) is 0 Å². The molecule has 1 aliphatic heterocycles. The van der Waals surface area contributed by atoms with Crippen LogP contribution in [-0.4, -0.2) is 31.1 Å². The largest absolute Gasteiger partial charge is 0.383 e. The van der Waals surface area contributed by atoms with E-state index in [0.29, 0.717) is 24.2 Å². The normalized spacial score (nSPS) is 19.6. The zero-order chi connectivity index (χ0) is 14.4. The first-order chi connectivity index (χ1) is 9.69. The summed E-state index contributed by atoms with van der Waals surface area (Å²) in [5.74, 6) is -0.0127. The minimum atomic E-state index is -0.0127. The van der Waals surface area contributed by atoms with Gasteiger partial charge in [0.15, 0.2) is 0 Å². The number of hydrogen-bond acceptors (Lipinski definition) is 3. The lowest BCUT2D eigenvalue weighted by Crippen LogP contribution is -2.29. The fraction of sp³-hybridized carbons (Fsp3) is 0.562. The first-order valence-corrected chi connectivity index (χ1v) is 7.57. The van der Waals surface area contributed by atoms with Crippen molar-refractivity contribution in [2.75, 3.05) is 18.4 Å². The molecule has 4 heteroatoms. The summed E-state index contributed by atoms with van der Waals surface area (Å²) in [6.45, 7) is 5.92. The molecule has 1 fully saturated rings. The fourth-order valence-corrected chi connectivity index (χ4v) is 2.74. The van der Waals surface area contributed by atoms with Crippen LogP contribution in [0.2, 0.25) is 0 Å². The Kier molecular flexibility index (Phi) is 5.41. The highest BCUT2D eigenvalue weighted by atomic mass is 16.1. The average Bonchev–Trinajstić information content (AvgIpc) is 2.92. The Hall–Kier alpha value is -1.55. The van der Waals surface area contributed by atoms with Crippen LogP contribution >= 0.6 is 0 Å². The van der Waals surface area contributed by atoms with Crippen molar-refractivity contribution >= 4 is 11.6 Å². The van der Waals surface area contributed by atoms with Crippen molar-refractivity contribution in [2.24, 2.45) is 0 Å². The van der Waals surface area contributed by atoms with Crippen LogP contribution in [0, 0.1) is 0 Å². The van der Waals surface area contributed by atoms with E-state index in [1.807, 2.05) is 31.2 Å². The van der Waals surface area contributed by atoms with Crippen LogP contribution < -0.4 is 16.0 Å². The summed E-state index contributed by atoms with van der Waals surface area (Å²) in [5, 5.41) is 9.83. The lowest BCUT2D eigenvalue weighted by atomic mass is 10.1. The van der Waals surface area contributed by atoms with E-state index in [1.165, 1.54) is 12.8 Å². The summed E-state index contributed by atoms with van der Waals surface area (Å²) in [7, 11) is 0. The topological polar surface area (TPSA) is 53.2 Å². The van der Waals surface area contributed by atoms with Crippen LogP contribution in [0.4, 0.5) is 5.69 Å². The summed E-state index contributed by atoms with van der Waals surface area (Å²) in [4.78, 5) is 11.8. The summed E-state index contributed by atoms with van der Waals surface area (Å²) in [6, 6.07) is 8.73. The molecule has 2 rings (SSSR count). The third-order valence-electron chi connectivity index (χ3n) is 3.68. The number of rotatable bonds is 6. The first kappa shape index (κ1) is 14.9. The number of nitrogens with one attached hydrogen (secondary N) is 3. The predicted molar refractivity (Wildman–Crippen MR) is 83.2 cm³/mol. The minimum absolute atomic E-state index is 0.0127. The molecule has 110 valence electrons. The monoisotopic (exact) mass is 275 g/mol. The number of benzene rings is 1. The van der Waals surface area contributed by atoms with Crippen LogP contribution in [0.1, 0.15) is 43.5 Å². The van der Waals surface area contributed by atoms with Gasteiger partial charge in [-0.25, -0.2) is 0 Å². The summed E-state index contributed by atoms with van der Waals surface area (Å²) >= 11 is 0. The van der Waals surface area contributed by atoms with Gasteiger partial charge < -0.3 is 16.0 Å². The van der Waals surface area contributed by atoms with E-state index in [-0.39, 0.29) is 5.91 Å². The molecule has 0 bridgehead atoms. The number of carbonyl (C=O) groups is 1. The smallest absolute Gasteiger partial charge is 0.251 e. The molecule has 4 nitrogen and oxygen atoms in total. The van der Waals surface area contributed by atoms with Crippen LogP contribution in [0.5, 0.6) is 0 Å². The molecule has 3 N–H and O–H groups in total. The molecule has 0 aromatic heterocycles. The van der Waals surface area contributed by atoms with Gasteiger partial charge in [-0.15, -0.1) is 0 Å². The van der Waals surface area contributed by atoms with Gasteiger partial charge in [0.2, 0.25) is 0 Å². The van der Waals surface area contributed by atoms with Crippen molar-refractivity contribution in [3.8, 4) is 0 Å². The average molecular weight is 275 g/mol. The van der Waals surface area contributed by atoms with E-state index in [9.17, 15) is 4.79 Å². The second kappa shape index (κ2) is 7.29. The predicted octanol–water partition coefficient (Wildman–Crippen LogP) is 2.38. The van der Waals surface area contributed by atoms with Crippen molar-refractivity contribution < 1.29 is 4.79 Å². The molecule has 1 aromatic carbocycles. The lowest BCUT2D eigenvalue weighted by molar-refractivity contribution is 0.0956. The molecule has 0 saturated carbocycles. The van der Waals surface area contributed by atoms with E-state index in [1.54, 1.807) is 0 Å². The third kappa shape index (κ3) is 4.23. The van der Waals surface area contributed by atoms with Crippen LogP contribution in [0.15, 0.2) is 24.3 Å². The van der Waals surface area contributed by atoms with Gasteiger partial charge in [-0.2, -0.15) is 0 Å². The quantitative estimate of drug-likeness (QED) is 0.747. The second-order valence-electron chi connectivity index (χ2n) is 5.51. The molecule has 2 atom stereocenters. The Morgan fingerprint density at radius 3 is 3.05 bits per heavy atom. The van der Waals surface area contributed by atoms with E-state index in [2.05, 4.69) is 22.9 Å². The van der Waals surface area contributed by atoms with Gasteiger partial charge >= 0.3 is 0 Å². The molecular formula is C16H25N3O. The number of hydrogen-bond donors (Lipinski definition) is 3. The molecule has 2 unspecified atom stereocenters.